The van der Waals surface area contributed by atoms with Gasteiger partial charge >= 0.3 is 29.6 Å². The van der Waals surface area contributed by atoms with E-state index in [9.17, 15) is 14.7 Å². The van der Waals surface area contributed by atoms with E-state index in [0.717, 1.165) is 16.5 Å². The van der Waals surface area contributed by atoms with Gasteiger partial charge in [-0.1, -0.05) is 31.5 Å². The molecule has 0 saturated carbocycles. The summed E-state index contributed by atoms with van der Waals surface area (Å²) in [7, 11) is 0. The average Bonchev–Trinajstić information content (AvgIpc) is 3.01. The van der Waals surface area contributed by atoms with Crippen LogP contribution < -0.4 is 40.2 Å². The summed E-state index contributed by atoms with van der Waals surface area (Å²) in [5, 5.41) is 14.1. The Morgan fingerprint density at radius 2 is 2.04 bits per heavy atom. The van der Waals surface area contributed by atoms with Gasteiger partial charge in [-0.2, -0.15) is 0 Å². The molecule has 0 spiro atoms. The number of nitrogens with zero attached hydrogens (tertiary/aromatic N) is 2. The van der Waals surface area contributed by atoms with Gasteiger partial charge in [-0.3, -0.25) is 9.59 Å². The minimum absolute atomic E-state index is 0. The molecule has 3 aromatic rings. The van der Waals surface area contributed by atoms with E-state index < -0.39 is 11.6 Å². The molecular formula is C20H15N2NaO4. The van der Waals surface area contributed by atoms with Crippen LogP contribution in [-0.4, -0.2) is 15.5 Å². The first-order chi connectivity index (χ1) is 12.5. The van der Waals surface area contributed by atoms with Gasteiger partial charge in [0.1, 0.15) is 6.61 Å². The number of carbonyl (C=O) groups excluding carboxylic acids is 1. The van der Waals surface area contributed by atoms with Crippen LogP contribution in [0.15, 0.2) is 41.2 Å². The number of hydrogen-bond acceptors (Lipinski definition) is 5. The maximum atomic E-state index is 13.1. The number of hydrogen-bond donors (Lipinski definition) is 0. The van der Waals surface area contributed by atoms with E-state index in [-0.39, 0.29) is 59.3 Å². The second-order valence-corrected chi connectivity index (χ2v) is 6.76. The first kappa shape index (κ1) is 18.4. The topological polar surface area (TPSA) is 84.2 Å². The molecule has 6 nitrogen and oxygen atoms in total. The Labute approximate surface area is 177 Å². The van der Waals surface area contributed by atoms with Gasteiger partial charge in [-0.15, -0.1) is 0 Å². The van der Waals surface area contributed by atoms with Crippen molar-refractivity contribution in [2.45, 2.75) is 32.1 Å². The smallest absolute Gasteiger partial charge is 0.838 e. The van der Waals surface area contributed by atoms with Gasteiger partial charge in [0, 0.05) is 16.6 Å². The third-order valence-electron chi connectivity index (χ3n) is 5.38. The maximum absolute atomic E-state index is 13.1. The molecule has 0 radical (unpaired) electrons. The van der Waals surface area contributed by atoms with Crippen molar-refractivity contribution in [1.29, 1.82) is 0 Å². The predicted octanol–water partition coefficient (Wildman–Crippen LogP) is -1.55. The molecule has 5 rings (SSSR count). The Kier molecular flexibility index (Phi) is 4.27. The van der Waals surface area contributed by atoms with E-state index >= 15 is 0 Å². The van der Waals surface area contributed by atoms with Crippen molar-refractivity contribution in [2.24, 2.45) is 0 Å². The van der Waals surface area contributed by atoms with Crippen molar-refractivity contribution in [1.82, 2.24) is 9.55 Å². The van der Waals surface area contributed by atoms with Gasteiger partial charge in [0.05, 0.1) is 29.0 Å². The molecule has 2 aromatic heterocycles. The second-order valence-electron chi connectivity index (χ2n) is 6.76. The minimum atomic E-state index is -2.04. The van der Waals surface area contributed by atoms with Crippen LogP contribution in [0.4, 0.5) is 0 Å². The SMILES string of the molecule is CC[C@@]1([O-])C(=O)OCc2c1cc1n(c2=O)Cc2cc3ccccc3nc2-1.[Na+]. The predicted molar refractivity (Wildman–Crippen MR) is 92.3 cm³/mol. The summed E-state index contributed by atoms with van der Waals surface area (Å²) in [6.45, 7) is 1.89. The number of rotatable bonds is 1. The molecule has 7 heteroatoms. The summed E-state index contributed by atoms with van der Waals surface area (Å²) in [6, 6.07) is 11.4. The fourth-order valence-corrected chi connectivity index (χ4v) is 3.91. The van der Waals surface area contributed by atoms with Crippen LogP contribution in [0.2, 0.25) is 0 Å². The fraction of sp³-hybridized carbons (Fsp3) is 0.250. The van der Waals surface area contributed by atoms with Crippen molar-refractivity contribution in [3.8, 4) is 11.4 Å². The van der Waals surface area contributed by atoms with Crippen molar-refractivity contribution in [3.63, 3.8) is 0 Å². The molecule has 0 fully saturated rings. The number of pyridine rings is 2. The van der Waals surface area contributed by atoms with Crippen molar-refractivity contribution < 1.29 is 44.2 Å². The molecule has 2 aliphatic rings. The number of cyclic esters (lactones) is 1. The number of esters is 1. The first-order valence-corrected chi connectivity index (χ1v) is 8.57. The molecule has 0 N–H and O–H groups in total. The van der Waals surface area contributed by atoms with E-state index in [2.05, 4.69) is 0 Å². The number of para-hydroxylation sites is 1. The Morgan fingerprint density at radius 1 is 1.26 bits per heavy atom. The zero-order valence-electron chi connectivity index (χ0n) is 15.1. The van der Waals surface area contributed by atoms with Crippen molar-refractivity contribution in [2.75, 3.05) is 0 Å². The summed E-state index contributed by atoms with van der Waals surface area (Å²) in [6.07, 6.45) is 0.0275. The third kappa shape index (κ3) is 2.44. The number of aromatic nitrogens is 2. The number of fused-ring (bicyclic) bond motifs is 5. The molecule has 1 atom stereocenters. The zero-order valence-corrected chi connectivity index (χ0v) is 17.1. The average molecular weight is 370 g/mol. The van der Waals surface area contributed by atoms with Gasteiger partial charge in [-0.25, -0.2) is 4.98 Å². The molecule has 27 heavy (non-hydrogen) atoms. The van der Waals surface area contributed by atoms with Crippen LogP contribution >= 0.6 is 0 Å². The van der Waals surface area contributed by atoms with Gasteiger partial charge in [-0.05, 0) is 23.8 Å². The maximum Gasteiger partial charge on any atom is 1.00 e. The fourth-order valence-electron chi connectivity index (χ4n) is 3.91. The van der Waals surface area contributed by atoms with E-state index in [0.29, 0.717) is 17.9 Å². The Hall–Kier alpha value is -1.99. The Balaban J connectivity index is 0.00000180. The van der Waals surface area contributed by atoms with Crippen LogP contribution in [0.25, 0.3) is 22.3 Å². The number of carbonyl (C=O) groups is 1. The summed E-state index contributed by atoms with van der Waals surface area (Å²) in [5.41, 5.74) is 1.25. The first-order valence-electron chi connectivity index (χ1n) is 8.57. The van der Waals surface area contributed by atoms with Crippen molar-refractivity contribution in [3.05, 3.63) is 63.4 Å². The second kappa shape index (κ2) is 6.27. The molecule has 0 unspecified atom stereocenters. The third-order valence-corrected chi connectivity index (χ3v) is 5.38. The van der Waals surface area contributed by atoms with Crippen LogP contribution in [-0.2, 0) is 28.3 Å². The molecule has 4 heterocycles. The molecule has 130 valence electrons. The number of benzene rings is 1. The van der Waals surface area contributed by atoms with E-state index in [1.807, 2.05) is 30.3 Å². The quantitative estimate of drug-likeness (QED) is 0.299. The summed E-state index contributed by atoms with van der Waals surface area (Å²) < 4.78 is 6.63. The molecule has 0 saturated heterocycles. The zero-order chi connectivity index (χ0) is 18.1. The molecule has 2 aliphatic heterocycles. The van der Waals surface area contributed by atoms with Gasteiger partial charge in [0.25, 0.3) is 11.5 Å². The summed E-state index contributed by atoms with van der Waals surface area (Å²) in [4.78, 5) is 29.8. The summed E-state index contributed by atoms with van der Waals surface area (Å²) >= 11 is 0. The summed E-state index contributed by atoms with van der Waals surface area (Å²) in [5.74, 6) is -0.818. The molecular weight excluding hydrogens is 355 g/mol. The van der Waals surface area contributed by atoms with Gasteiger partial charge in [0.2, 0.25) is 0 Å². The van der Waals surface area contributed by atoms with Crippen LogP contribution in [0.3, 0.4) is 0 Å². The standard InChI is InChI=1S/C20H15N2O4.Na/c1-2-20(25)14-8-16-17-12(7-11-5-3-4-6-15(11)21-17)9-22(16)18(23)13(14)10-26-19(20)24;/h3-8H,2,9-10H2,1H3;/q-1;+1/t20-;/m0./s1. The Bertz CT molecular complexity index is 1170. The molecule has 1 aromatic carbocycles. The van der Waals surface area contributed by atoms with Gasteiger partial charge < -0.3 is 14.4 Å². The van der Waals surface area contributed by atoms with E-state index in [1.54, 1.807) is 17.6 Å². The number of ether oxygens (including phenoxy) is 1. The molecule has 0 amide bonds. The Morgan fingerprint density at radius 3 is 2.81 bits per heavy atom. The van der Waals surface area contributed by atoms with Crippen molar-refractivity contribution >= 4 is 16.9 Å². The van der Waals surface area contributed by atoms with Crippen LogP contribution in [0.5, 0.6) is 0 Å². The van der Waals surface area contributed by atoms with E-state index in [1.165, 1.54) is 0 Å². The van der Waals surface area contributed by atoms with Crippen LogP contribution in [0.1, 0.15) is 30.0 Å². The largest absolute Gasteiger partial charge is 1.00 e. The molecule has 0 bridgehead atoms. The normalized spacial score (nSPS) is 19.7. The van der Waals surface area contributed by atoms with E-state index in [4.69, 9.17) is 9.72 Å². The van der Waals surface area contributed by atoms with Gasteiger partial charge in [0.15, 0.2) is 0 Å². The van der Waals surface area contributed by atoms with Crippen LogP contribution in [0, 0.1) is 0 Å². The minimum Gasteiger partial charge on any atom is -0.838 e. The molecule has 0 aliphatic carbocycles. The monoisotopic (exact) mass is 370 g/mol.